The largest absolute Gasteiger partial charge is 0.353 e. The maximum absolute atomic E-state index is 13.1. The maximum Gasteiger partial charge on any atom is 0.291 e. The minimum absolute atomic E-state index is 0.0164. The van der Waals surface area contributed by atoms with E-state index in [2.05, 4.69) is 99.4 Å². The minimum atomic E-state index is -0.343. The van der Waals surface area contributed by atoms with Crippen molar-refractivity contribution in [3.8, 4) is 17.1 Å². The van der Waals surface area contributed by atoms with Crippen LogP contribution in [-0.4, -0.2) is 153 Å². The molecule has 0 radical (unpaired) electrons. The van der Waals surface area contributed by atoms with Crippen molar-refractivity contribution in [1.29, 1.82) is 0 Å². The Morgan fingerprint density at radius 1 is 0.466 bits per heavy atom. The predicted octanol–water partition coefficient (Wildman–Crippen LogP) is 6.01. The van der Waals surface area contributed by atoms with Gasteiger partial charge >= 0.3 is 0 Å². The van der Waals surface area contributed by atoms with Crippen LogP contribution in [0.15, 0.2) is 178 Å². The zero-order chi connectivity index (χ0) is 60.1. The van der Waals surface area contributed by atoms with E-state index in [9.17, 15) is 23.2 Å². The third kappa shape index (κ3) is 12.2. The van der Waals surface area contributed by atoms with E-state index >= 15 is 0 Å². The summed E-state index contributed by atoms with van der Waals surface area (Å²) in [7, 11) is 0. The van der Waals surface area contributed by atoms with Crippen molar-refractivity contribution in [3.63, 3.8) is 0 Å². The van der Waals surface area contributed by atoms with Crippen molar-refractivity contribution in [3.05, 3.63) is 213 Å². The van der Waals surface area contributed by atoms with Crippen LogP contribution in [0.1, 0.15) is 63.7 Å². The van der Waals surface area contributed by atoms with Gasteiger partial charge in [0.15, 0.2) is 23.1 Å². The second-order valence-electron chi connectivity index (χ2n) is 21.2. The van der Waals surface area contributed by atoms with E-state index in [4.69, 9.17) is 4.98 Å². The molecule has 12 aromatic rings. The van der Waals surface area contributed by atoms with E-state index in [-0.39, 0.29) is 65.0 Å². The molecule has 12 heterocycles. The van der Waals surface area contributed by atoms with Crippen LogP contribution in [0.5, 0.6) is 0 Å². The van der Waals surface area contributed by atoms with E-state index in [1.165, 1.54) is 46.3 Å². The third-order valence-electron chi connectivity index (χ3n) is 15.4. The number of aryl methyl sites for hydroxylation is 1. The molecule has 0 aliphatic carbocycles. The Labute approximate surface area is 501 Å². The molecule has 3 aliphatic rings. The van der Waals surface area contributed by atoms with Gasteiger partial charge in [-0.1, -0.05) is 25.1 Å². The number of para-hydroxylation sites is 1. The summed E-state index contributed by atoms with van der Waals surface area (Å²) in [5, 5.41) is 21.8. The maximum atomic E-state index is 13.1. The quantitative estimate of drug-likeness (QED) is 0.120. The Hall–Kier alpha value is -11.3. The lowest BCUT2D eigenvalue weighted by molar-refractivity contribution is 0.0921. The van der Waals surface area contributed by atoms with Crippen molar-refractivity contribution in [2.75, 3.05) is 54.0 Å². The molecular weight excluding hydrogens is 1130 g/mol. The van der Waals surface area contributed by atoms with Crippen molar-refractivity contribution in [2.24, 2.45) is 0 Å². The van der Waals surface area contributed by atoms with Crippen LogP contribution >= 0.6 is 0 Å². The molecule has 3 saturated heterocycles. The van der Waals surface area contributed by atoms with Crippen LogP contribution in [0.25, 0.3) is 33.7 Å². The van der Waals surface area contributed by atoms with Crippen LogP contribution in [0.2, 0.25) is 0 Å². The van der Waals surface area contributed by atoms with E-state index in [0.717, 1.165) is 90.8 Å². The minimum Gasteiger partial charge on any atom is -0.353 e. The molecule has 9 aromatic heterocycles. The van der Waals surface area contributed by atoms with E-state index in [1.807, 2.05) is 88.3 Å². The van der Waals surface area contributed by atoms with Crippen LogP contribution in [0, 0.1) is 11.6 Å². The second kappa shape index (κ2) is 24.8. The zero-order valence-corrected chi connectivity index (χ0v) is 47.5. The number of hydrogen-bond donors (Lipinski definition) is 3. The Kier molecular flexibility index (Phi) is 15.7. The number of nitrogens with zero attached hydrogens (tertiary/aromatic N) is 19. The average molecular weight is 1190 g/mol. The molecule has 3 aromatic carbocycles. The van der Waals surface area contributed by atoms with Crippen LogP contribution < -0.4 is 30.7 Å². The summed E-state index contributed by atoms with van der Waals surface area (Å²) in [6.45, 7) is 6.54. The molecule has 0 spiro atoms. The van der Waals surface area contributed by atoms with Gasteiger partial charge in [0, 0.05) is 113 Å². The number of aromatic nitrogens is 16. The average Bonchev–Trinajstić information content (AvgIpc) is 3.41. The summed E-state index contributed by atoms with van der Waals surface area (Å²) >= 11 is 0. The van der Waals surface area contributed by atoms with Gasteiger partial charge in [-0.3, -0.25) is 14.4 Å². The molecule has 15 rings (SSSR count). The standard InChI is InChI=1S/C22H23N7O.C20H18FN7O.C19H17FN8O/c1-2-16-13-27-11-6-9-19(27)21(24-16)28-12-10-17(14-28)25-22(30)20-23-15-29(26-20)18-7-4-3-5-8-18;21-14-3-5-16(6-4-14)28-13-23-18(25-28)20(29)24-15-7-10-27(12-15)19-17-2-1-9-26(17)11-8-22-19;20-13-1-3-15(4-2-13)28-12-23-16(25-28)19(29)24-14-5-8-27(11-14)18-17-21-6-9-26(17)10-7-22-18/h3-9,11,13,15,17H,2,10,12,14H2,1H3,(H,25,30);1-6,8-9,11,13,15H,7,10,12H2,(H,24,29);1-4,6-7,9-10,12,14H,5,8,11H2,(H,24,29)/t17-;15-;14-/m000/s1. The molecule has 3 atom stereocenters. The zero-order valence-electron chi connectivity index (χ0n) is 47.5. The van der Waals surface area contributed by atoms with Crippen molar-refractivity contribution < 1.29 is 23.2 Å². The summed E-state index contributed by atoms with van der Waals surface area (Å²) in [4.78, 5) is 74.8. The number of carbonyl (C=O) groups is 3. The topological polar surface area (TPSA) is 254 Å². The Morgan fingerprint density at radius 3 is 1.41 bits per heavy atom. The number of imidazole rings is 1. The number of amides is 3. The van der Waals surface area contributed by atoms with Crippen molar-refractivity contribution >= 4 is 51.9 Å². The van der Waals surface area contributed by atoms with Gasteiger partial charge in [0.2, 0.25) is 17.5 Å². The first-order chi connectivity index (χ1) is 43.0. The van der Waals surface area contributed by atoms with Crippen LogP contribution in [0.4, 0.5) is 26.2 Å². The number of rotatable bonds is 13. The molecule has 3 N–H and O–H groups in total. The first-order valence-electron chi connectivity index (χ1n) is 28.7. The molecule has 3 amide bonds. The van der Waals surface area contributed by atoms with Crippen molar-refractivity contribution in [1.82, 2.24) is 93.4 Å². The predicted molar refractivity (Wildman–Crippen MR) is 321 cm³/mol. The van der Waals surface area contributed by atoms with E-state index in [1.54, 1.807) is 53.9 Å². The normalized spacial score (nSPS) is 16.4. The summed E-state index contributed by atoms with van der Waals surface area (Å²) in [5.74, 6) is 1.43. The molecule has 27 heteroatoms. The number of anilines is 3. The summed E-state index contributed by atoms with van der Waals surface area (Å²) < 4.78 is 36.7. The summed E-state index contributed by atoms with van der Waals surface area (Å²) in [5.41, 5.74) is 6.10. The lowest BCUT2D eigenvalue weighted by atomic mass is 10.2. The Balaban J connectivity index is 0.000000122. The summed E-state index contributed by atoms with van der Waals surface area (Å²) in [6, 6.07) is 29.4. The number of halogens is 2. The highest BCUT2D eigenvalue weighted by Crippen LogP contribution is 2.27. The Bertz CT molecular complexity index is 4220. The first kappa shape index (κ1) is 55.9. The fraction of sp³-hybridized carbons (Fsp3) is 0.230. The lowest BCUT2D eigenvalue weighted by Gasteiger charge is -2.20. The molecule has 0 unspecified atom stereocenters. The van der Waals surface area contributed by atoms with Gasteiger partial charge in [-0.05, 0) is 111 Å². The fourth-order valence-electron chi connectivity index (χ4n) is 10.9. The number of nitrogens with one attached hydrogen (secondary N) is 3. The van der Waals surface area contributed by atoms with Gasteiger partial charge < -0.3 is 43.9 Å². The molecule has 0 bridgehead atoms. The fourth-order valence-corrected chi connectivity index (χ4v) is 10.9. The van der Waals surface area contributed by atoms with E-state index < -0.39 is 0 Å². The number of hydrogen-bond acceptors (Lipinski definition) is 16. The highest BCUT2D eigenvalue weighted by Gasteiger charge is 2.31. The number of benzene rings is 3. The van der Waals surface area contributed by atoms with Gasteiger partial charge in [0.05, 0.1) is 33.8 Å². The molecule has 444 valence electrons. The van der Waals surface area contributed by atoms with Gasteiger partial charge in [0.1, 0.15) is 30.6 Å². The number of fused-ring (bicyclic) bond motifs is 3. The summed E-state index contributed by atoms with van der Waals surface area (Å²) in [6.07, 6.45) is 24.8. The Morgan fingerprint density at radius 2 is 0.898 bits per heavy atom. The molecule has 3 aliphatic heterocycles. The molecule has 3 fully saturated rings. The highest BCUT2D eigenvalue weighted by atomic mass is 19.1. The first-order valence-corrected chi connectivity index (χ1v) is 28.7. The molecule has 25 nitrogen and oxygen atoms in total. The van der Waals surface area contributed by atoms with Gasteiger partial charge in [-0.15, -0.1) is 15.3 Å². The molecule has 0 saturated carbocycles. The van der Waals surface area contributed by atoms with Crippen molar-refractivity contribution in [2.45, 2.75) is 50.7 Å². The lowest BCUT2D eigenvalue weighted by Crippen LogP contribution is -2.37. The smallest absolute Gasteiger partial charge is 0.291 e. The number of carbonyl (C=O) groups excluding carboxylic acids is 3. The molecular formula is C61H58F2N22O3. The molecule has 88 heavy (non-hydrogen) atoms. The van der Waals surface area contributed by atoms with Gasteiger partial charge in [0.25, 0.3) is 17.7 Å². The monoisotopic (exact) mass is 1180 g/mol. The van der Waals surface area contributed by atoms with Gasteiger partial charge in [-0.2, -0.15) is 0 Å². The van der Waals surface area contributed by atoms with Crippen LogP contribution in [-0.2, 0) is 6.42 Å². The van der Waals surface area contributed by atoms with Crippen LogP contribution in [0.3, 0.4) is 0 Å². The van der Waals surface area contributed by atoms with E-state index in [0.29, 0.717) is 31.0 Å². The SMILES string of the molecule is CCc1cn2cccc2c(N2CC[C@H](NC(=O)c3ncn(-c4ccccc4)n3)C2)n1.O=C(N[C@H]1CCN(c2nccn3cccc23)C1)c1ncn(-c2ccc(F)cc2)n1.O=C(N[C@H]1CCN(c2nccn3ccnc23)C1)c1ncn(-c2ccc(F)cc2)n1. The highest BCUT2D eigenvalue weighted by molar-refractivity contribution is 5.92. The van der Waals surface area contributed by atoms with Gasteiger partial charge in [-0.25, -0.2) is 57.7 Å². The third-order valence-corrected chi connectivity index (χ3v) is 15.4. The second-order valence-corrected chi connectivity index (χ2v) is 21.2.